The normalized spacial score (nSPS) is 15.4. The monoisotopic (exact) mass is 411 g/mol. The Morgan fingerprint density at radius 2 is 1.83 bits per heavy atom. The number of thiophene rings is 1. The highest BCUT2D eigenvalue weighted by atomic mass is 32.1. The lowest BCUT2D eigenvalue weighted by molar-refractivity contribution is -0.136. The molecule has 0 bridgehead atoms. The van der Waals surface area contributed by atoms with Crippen LogP contribution in [0.1, 0.15) is 52.0 Å². The van der Waals surface area contributed by atoms with Crippen molar-refractivity contribution in [2.24, 2.45) is 11.7 Å². The van der Waals surface area contributed by atoms with Crippen LogP contribution in [0, 0.1) is 5.92 Å². The van der Waals surface area contributed by atoms with Gasteiger partial charge in [0.05, 0.1) is 5.56 Å². The summed E-state index contributed by atoms with van der Waals surface area (Å²) >= 11 is 1.44. The standard InChI is InChI=1S/C22H25N3O3S/c23-20(27)19-16-8-4-5-9-17(16)29-21(19)24-18(26)13-25(22(28)15-10-11-15)12-14-6-2-1-3-7-14/h1-3,6-7,15H,4-5,8-13H2,(H2,23,27)(H,24,26). The molecule has 29 heavy (non-hydrogen) atoms. The Bertz CT molecular complexity index is 934. The van der Waals surface area contributed by atoms with Crippen molar-refractivity contribution >= 4 is 34.1 Å². The fraction of sp³-hybridized carbons (Fsp3) is 0.409. The van der Waals surface area contributed by atoms with Gasteiger partial charge >= 0.3 is 0 Å². The Kier molecular flexibility index (Phi) is 5.67. The summed E-state index contributed by atoms with van der Waals surface area (Å²) in [4.78, 5) is 40.3. The van der Waals surface area contributed by atoms with E-state index in [1.165, 1.54) is 11.3 Å². The summed E-state index contributed by atoms with van der Waals surface area (Å²) in [6.07, 6.45) is 5.61. The van der Waals surface area contributed by atoms with Gasteiger partial charge < -0.3 is 16.0 Å². The zero-order valence-corrected chi connectivity index (χ0v) is 17.1. The number of hydrogen-bond donors (Lipinski definition) is 2. The molecular formula is C22H25N3O3S. The average molecular weight is 412 g/mol. The van der Waals surface area contributed by atoms with Crippen LogP contribution < -0.4 is 11.1 Å². The zero-order chi connectivity index (χ0) is 20.4. The van der Waals surface area contributed by atoms with Crippen molar-refractivity contribution < 1.29 is 14.4 Å². The topological polar surface area (TPSA) is 92.5 Å². The van der Waals surface area contributed by atoms with Crippen molar-refractivity contribution in [1.82, 2.24) is 4.90 Å². The van der Waals surface area contributed by atoms with E-state index in [0.29, 0.717) is 17.1 Å². The molecule has 1 aromatic heterocycles. The fourth-order valence-corrected chi connectivity index (χ4v) is 5.17. The third-order valence-corrected chi connectivity index (χ3v) is 6.67. The van der Waals surface area contributed by atoms with Crippen LogP contribution in [-0.4, -0.2) is 29.2 Å². The number of aryl methyl sites for hydroxylation is 1. The van der Waals surface area contributed by atoms with Crippen LogP contribution in [0.3, 0.4) is 0 Å². The smallest absolute Gasteiger partial charge is 0.251 e. The summed E-state index contributed by atoms with van der Waals surface area (Å²) < 4.78 is 0. The van der Waals surface area contributed by atoms with E-state index >= 15 is 0 Å². The molecule has 152 valence electrons. The summed E-state index contributed by atoms with van der Waals surface area (Å²) in [5, 5.41) is 3.39. The highest BCUT2D eigenvalue weighted by Gasteiger charge is 2.34. The highest BCUT2D eigenvalue weighted by molar-refractivity contribution is 7.17. The lowest BCUT2D eigenvalue weighted by atomic mass is 9.95. The van der Waals surface area contributed by atoms with Gasteiger partial charge in [-0.15, -0.1) is 11.3 Å². The minimum atomic E-state index is -0.505. The number of nitrogens with zero attached hydrogens (tertiary/aromatic N) is 1. The highest BCUT2D eigenvalue weighted by Crippen LogP contribution is 2.38. The number of nitrogens with one attached hydrogen (secondary N) is 1. The first-order chi connectivity index (χ1) is 14.0. The minimum Gasteiger partial charge on any atom is -0.365 e. The molecule has 1 aromatic carbocycles. The molecule has 7 heteroatoms. The van der Waals surface area contributed by atoms with Gasteiger partial charge in [-0.05, 0) is 49.7 Å². The van der Waals surface area contributed by atoms with Gasteiger partial charge in [0.25, 0.3) is 5.91 Å². The lowest BCUT2D eigenvalue weighted by Gasteiger charge is -2.22. The predicted octanol–water partition coefficient (Wildman–Crippen LogP) is 3.10. The molecular weight excluding hydrogens is 386 g/mol. The van der Waals surface area contributed by atoms with Gasteiger partial charge in [0, 0.05) is 17.3 Å². The Morgan fingerprint density at radius 1 is 1.10 bits per heavy atom. The number of amides is 3. The molecule has 2 aromatic rings. The number of fused-ring (bicyclic) bond motifs is 1. The number of hydrogen-bond acceptors (Lipinski definition) is 4. The van der Waals surface area contributed by atoms with Crippen molar-refractivity contribution in [2.75, 3.05) is 11.9 Å². The molecule has 0 radical (unpaired) electrons. The van der Waals surface area contributed by atoms with Gasteiger partial charge in [0.1, 0.15) is 11.5 Å². The molecule has 2 aliphatic rings. The van der Waals surface area contributed by atoms with Gasteiger partial charge in [-0.25, -0.2) is 0 Å². The minimum absolute atomic E-state index is 0.0181. The molecule has 0 atom stereocenters. The predicted molar refractivity (Wildman–Crippen MR) is 113 cm³/mol. The van der Waals surface area contributed by atoms with Crippen LogP contribution in [0.4, 0.5) is 5.00 Å². The molecule has 1 fully saturated rings. The molecule has 0 unspecified atom stereocenters. The van der Waals surface area contributed by atoms with Crippen molar-refractivity contribution in [2.45, 2.75) is 45.1 Å². The number of carbonyl (C=O) groups is 3. The van der Waals surface area contributed by atoms with Crippen LogP contribution in [0.15, 0.2) is 30.3 Å². The molecule has 3 N–H and O–H groups in total. The van der Waals surface area contributed by atoms with E-state index in [9.17, 15) is 14.4 Å². The van der Waals surface area contributed by atoms with E-state index in [4.69, 9.17) is 5.73 Å². The lowest BCUT2D eigenvalue weighted by Crippen LogP contribution is -2.38. The summed E-state index contributed by atoms with van der Waals surface area (Å²) in [6, 6.07) is 9.66. The maximum absolute atomic E-state index is 12.8. The third kappa shape index (κ3) is 4.50. The van der Waals surface area contributed by atoms with Gasteiger partial charge in [-0.1, -0.05) is 30.3 Å². The van der Waals surface area contributed by atoms with Crippen molar-refractivity contribution in [3.05, 3.63) is 51.9 Å². The molecule has 4 rings (SSSR count). The summed E-state index contributed by atoms with van der Waals surface area (Å²) in [5.41, 5.74) is 8.03. The Morgan fingerprint density at radius 3 is 2.52 bits per heavy atom. The maximum atomic E-state index is 12.8. The molecule has 6 nitrogen and oxygen atoms in total. The molecule has 0 aliphatic heterocycles. The second-order valence-electron chi connectivity index (χ2n) is 7.78. The van der Waals surface area contributed by atoms with E-state index in [1.54, 1.807) is 4.90 Å². The Labute approximate surface area is 174 Å². The van der Waals surface area contributed by atoms with E-state index in [1.807, 2.05) is 30.3 Å². The second-order valence-corrected chi connectivity index (χ2v) is 8.89. The van der Waals surface area contributed by atoms with Crippen LogP contribution in [0.2, 0.25) is 0 Å². The van der Waals surface area contributed by atoms with E-state index in [2.05, 4.69) is 5.32 Å². The van der Waals surface area contributed by atoms with Gasteiger partial charge in [0.2, 0.25) is 11.8 Å². The quantitative estimate of drug-likeness (QED) is 0.733. The van der Waals surface area contributed by atoms with Gasteiger partial charge in [0.15, 0.2) is 0 Å². The van der Waals surface area contributed by atoms with E-state index < -0.39 is 5.91 Å². The largest absolute Gasteiger partial charge is 0.365 e. The van der Waals surface area contributed by atoms with Crippen molar-refractivity contribution in [3.8, 4) is 0 Å². The molecule has 3 amide bonds. The zero-order valence-electron chi connectivity index (χ0n) is 16.3. The number of rotatable bonds is 7. The number of benzene rings is 1. The number of anilines is 1. The van der Waals surface area contributed by atoms with Crippen molar-refractivity contribution in [3.63, 3.8) is 0 Å². The van der Waals surface area contributed by atoms with E-state index in [-0.39, 0.29) is 24.3 Å². The van der Waals surface area contributed by atoms with Crippen LogP contribution in [0.25, 0.3) is 0 Å². The fourth-order valence-electron chi connectivity index (χ4n) is 3.86. The third-order valence-electron chi connectivity index (χ3n) is 5.46. The second kappa shape index (κ2) is 8.37. The summed E-state index contributed by atoms with van der Waals surface area (Å²) in [6.45, 7) is 0.359. The van der Waals surface area contributed by atoms with Crippen molar-refractivity contribution in [1.29, 1.82) is 0 Å². The first-order valence-corrected chi connectivity index (χ1v) is 10.9. The molecule has 1 saturated carbocycles. The van der Waals surface area contributed by atoms with Gasteiger partial charge in [-0.2, -0.15) is 0 Å². The first-order valence-electron chi connectivity index (χ1n) is 10.1. The van der Waals surface area contributed by atoms with Crippen LogP contribution in [-0.2, 0) is 29.0 Å². The molecule has 2 aliphatic carbocycles. The molecule has 1 heterocycles. The number of carbonyl (C=O) groups excluding carboxylic acids is 3. The Hall–Kier alpha value is -2.67. The summed E-state index contributed by atoms with van der Waals surface area (Å²) in [7, 11) is 0. The molecule has 0 saturated heterocycles. The average Bonchev–Trinajstić information content (AvgIpc) is 3.48. The van der Waals surface area contributed by atoms with Crippen LogP contribution >= 0.6 is 11.3 Å². The molecule has 0 spiro atoms. The number of primary amides is 1. The summed E-state index contributed by atoms with van der Waals surface area (Å²) in [5.74, 6) is -0.753. The SMILES string of the molecule is NC(=O)c1c(NC(=O)CN(Cc2ccccc2)C(=O)C2CC2)sc2c1CCCC2. The first kappa shape index (κ1) is 19.6. The maximum Gasteiger partial charge on any atom is 0.251 e. The van der Waals surface area contributed by atoms with E-state index in [0.717, 1.165) is 54.5 Å². The number of nitrogens with two attached hydrogens (primary N) is 1. The van der Waals surface area contributed by atoms with Crippen LogP contribution in [0.5, 0.6) is 0 Å². The van der Waals surface area contributed by atoms with Gasteiger partial charge in [-0.3, -0.25) is 14.4 Å². The Balaban J connectivity index is 1.50.